The highest BCUT2D eigenvalue weighted by Gasteiger charge is 2.35. The second-order valence-electron chi connectivity index (χ2n) is 5.89. The summed E-state index contributed by atoms with van der Waals surface area (Å²) in [5.41, 5.74) is 3.09. The van der Waals surface area contributed by atoms with Crippen LogP contribution in [0.4, 0.5) is 0 Å². The lowest BCUT2D eigenvalue weighted by atomic mass is 9.67. The normalized spacial score (nSPS) is 28.9. The van der Waals surface area contributed by atoms with Gasteiger partial charge < -0.3 is 0 Å². The molecule has 1 saturated carbocycles. The Morgan fingerprint density at radius 3 is 2.33 bits per heavy atom. The Balaban J connectivity index is 2.19. The van der Waals surface area contributed by atoms with E-state index in [9.17, 15) is 0 Å². The first-order chi connectivity index (χ1) is 8.70. The Kier molecular flexibility index (Phi) is 4.91. The van der Waals surface area contributed by atoms with E-state index in [1.165, 1.54) is 44.1 Å². The van der Waals surface area contributed by atoms with Crippen LogP contribution in [0.1, 0.15) is 51.0 Å². The van der Waals surface area contributed by atoms with Gasteiger partial charge in [-0.05, 0) is 42.4 Å². The number of hydrogen-bond donors (Lipinski definition) is 0. The average Bonchev–Trinajstić information content (AvgIpc) is 2.40. The summed E-state index contributed by atoms with van der Waals surface area (Å²) in [4.78, 5) is 0. The van der Waals surface area contributed by atoms with E-state index in [-0.39, 0.29) is 9.52 Å². The van der Waals surface area contributed by atoms with Gasteiger partial charge in [-0.1, -0.05) is 62.0 Å². The number of rotatable bonds is 4. The molecule has 2 heteroatoms. The molecule has 0 heterocycles. The van der Waals surface area contributed by atoms with Crippen molar-refractivity contribution in [3.8, 4) is 0 Å². The lowest BCUT2D eigenvalue weighted by Gasteiger charge is -2.41. The summed E-state index contributed by atoms with van der Waals surface area (Å²) in [6, 6.07) is 8.66. The maximum Gasteiger partial charge on any atom is 0.0406 e. The summed E-state index contributed by atoms with van der Waals surface area (Å²) >= 11 is 6.02. The summed E-state index contributed by atoms with van der Waals surface area (Å²) < 4.78 is 0. The van der Waals surface area contributed by atoms with Crippen LogP contribution in [0.15, 0.2) is 24.3 Å². The first-order valence-corrected chi connectivity index (χ1v) is 10.1. The van der Waals surface area contributed by atoms with Crippen molar-refractivity contribution >= 4 is 21.1 Å². The first kappa shape index (κ1) is 14.1. The lowest BCUT2D eigenvalue weighted by Crippen LogP contribution is -2.31. The van der Waals surface area contributed by atoms with Crippen molar-refractivity contribution in [1.29, 1.82) is 0 Å². The van der Waals surface area contributed by atoms with Crippen molar-refractivity contribution < 1.29 is 0 Å². The Labute approximate surface area is 119 Å². The quantitative estimate of drug-likeness (QED) is 0.684. The minimum absolute atomic E-state index is 0.198. The molecular weight excluding hydrogens is 256 g/mol. The molecule has 1 fully saturated rings. The fraction of sp³-hybridized carbons (Fsp3) is 0.625. The van der Waals surface area contributed by atoms with E-state index in [1.807, 2.05) is 0 Å². The third-order valence-electron chi connectivity index (χ3n) is 4.82. The Bertz CT molecular complexity index is 363. The maximum absolute atomic E-state index is 6.02. The zero-order valence-corrected chi connectivity index (χ0v) is 13.9. The van der Waals surface area contributed by atoms with Gasteiger partial charge in [-0.3, -0.25) is 0 Å². The van der Waals surface area contributed by atoms with Gasteiger partial charge in [0.25, 0.3) is 0 Å². The molecule has 0 amide bonds. The molecule has 0 radical (unpaired) electrons. The Hall–Kier alpha value is -0.273. The zero-order valence-electron chi connectivity index (χ0n) is 11.7. The molecule has 0 aliphatic heterocycles. The highest BCUT2D eigenvalue weighted by Crippen LogP contribution is 2.46. The number of hydrogen-bond acceptors (Lipinski definition) is 0. The van der Waals surface area contributed by atoms with E-state index < -0.39 is 0 Å². The molecule has 0 bridgehead atoms. The fourth-order valence-corrected chi connectivity index (χ4v) is 4.95. The standard InChI is InChI=1S/C16H25ClSi/c1-3-10-16(11-8-15(18-2)9-12-16)13-4-6-14(17)7-5-13/h4-7,15H,3,8-12,18H2,1-2H3. The monoisotopic (exact) mass is 280 g/mol. The summed E-state index contributed by atoms with van der Waals surface area (Å²) in [5, 5.41) is 0.861. The predicted octanol–water partition coefficient (Wildman–Crippen LogP) is 4.96. The van der Waals surface area contributed by atoms with Crippen LogP contribution in [0.2, 0.25) is 17.1 Å². The third-order valence-corrected chi connectivity index (χ3v) is 7.05. The zero-order chi connectivity index (χ0) is 13.0. The van der Waals surface area contributed by atoms with Gasteiger partial charge >= 0.3 is 0 Å². The molecule has 1 aliphatic carbocycles. The van der Waals surface area contributed by atoms with Gasteiger partial charge in [0.05, 0.1) is 0 Å². The molecule has 2 rings (SSSR count). The van der Waals surface area contributed by atoms with E-state index in [2.05, 4.69) is 37.7 Å². The molecule has 0 aromatic heterocycles. The van der Waals surface area contributed by atoms with E-state index in [4.69, 9.17) is 11.6 Å². The molecule has 18 heavy (non-hydrogen) atoms. The van der Waals surface area contributed by atoms with Crippen LogP contribution in [-0.4, -0.2) is 9.52 Å². The molecule has 0 N–H and O–H groups in total. The van der Waals surface area contributed by atoms with Crippen molar-refractivity contribution in [3.05, 3.63) is 34.9 Å². The molecule has 1 aromatic rings. The van der Waals surface area contributed by atoms with E-state index in [0.29, 0.717) is 5.41 Å². The van der Waals surface area contributed by atoms with Gasteiger partial charge in [0.1, 0.15) is 0 Å². The molecule has 0 unspecified atom stereocenters. The van der Waals surface area contributed by atoms with Crippen LogP contribution in [0.25, 0.3) is 0 Å². The third kappa shape index (κ3) is 3.00. The van der Waals surface area contributed by atoms with Crippen LogP contribution < -0.4 is 0 Å². The van der Waals surface area contributed by atoms with Crippen molar-refractivity contribution in [2.24, 2.45) is 0 Å². The van der Waals surface area contributed by atoms with Crippen LogP contribution >= 0.6 is 11.6 Å². The van der Waals surface area contributed by atoms with Crippen molar-refractivity contribution in [2.75, 3.05) is 0 Å². The molecule has 100 valence electrons. The SMILES string of the molecule is CCCC1(c2ccc(Cl)cc2)CCC([SiH2]C)CC1. The van der Waals surface area contributed by atoms with Crippen molar-refractivity contribution in [3.63, 3.8) is 0 Å². The molecule has 0 atom stereocenters. The molecular formula is C16H25ClSi. The number of halogens is 1. The van der Waals surface area contributed by atoms with E-state index >= 15 is 0 Å². The fourth-order valence-electron chi connectivity index (χ4n) is 3.60. The Morgan fingerprint density at radius 2 is 1.83 bits per heavy atom. The molecule has 0 spiro atoms. The highest BCUT2D eigenvalue weighted by atomic mass is 35.5. The minimum Gasteiger partial charge on any atom is -0.0843 e. The van der Waals surface area contributed by atoms with Crippen LogP contribution in [0.3, 0.4) is 0 Å². The van der Waals surface area contributed by atoms with Crippen LogP contribution in [-0.2, 0) is 5.41 Å². The van der Waals surface area contributed by atoms with Gasteiger partial charge in [-0.15, -0.1) is 0 Å². The van der Waals surface area contributed by atoms with Gasteiger partial charge in [-0.25, -0.2) is 0 Å². The molecule has 0 saturated heterocycles. The van der Waals surface area contributed by atoms with E-state index in [0.717, 1.165) is 10.6 Å². The largest absolute Gasteiger partial charge is 0.0843 e. The average molecular weight is 281 g/mol. The summed E-state index contributed by atoms with van der Waals surface area (Å²) in [5.74, 6) is 0. The van der Waals surface area contributed by atoms with E-state index in [1.54, 1.807) is 0 Å². The van der Waals surface area contributed by atoms with Gasteiger partial charge in [0.15, 0.2) is 0 Å². The molecule has 1 aromatic carbocycles. The van der Waals surface area contributed by atoms with Gasteiger partial charge in [-0.2, -0.15) is 0 Å². The van der Waals surface area contributed by atoms with Crippen molar-refractivity contribution in [2.45, 2.75) is 63.0 Å². The second-order valence-corrected chi connectivity index (χ2v) is 8.30. The number of benzene rings is 1. The van der Waals surface area contributed by atoms with Crippen molar-refractivity contribution in [1.82, 2.24) is 0 Å². The summed E-state index contributed by atoms with van der Waals surface area (Å²) in [6.07, 6.45) is 8.35. The van der Waals surface area contributed by atoms with Crippen LogP contribution in [0.5, 0.6) is 0 Å². The smallest absolute Gasteiger partial charge is 0.0406 e. The summed E-state index contributed by atoms with van der Waals surface area (Å²) in [6.45, 7) is 4.79. The second kappa shape index (κ2) is 6.25. The minimum atomic E-state index is 0.198. The summed E-state index contributed by atoms with van der Waals surface area (Å²) in [7, 11) is 0.198. The first-order valence-electron chi connectivity index (χ1n) is 7.46. The van der Waals surface area contributed by atoms with Crippen LogP contribution in [0, 0.1) is 0 Å². The topological polar surface area (TPSA) is 0 Å². The van der Waals surface area contributed by atoms with Gasteiger partial charge in [0.2, 0.25) is 0 Å². The predicted molar refractivity (Wildman–Crippen MR) is 84.7 cm³/mol. The van der Waals surface area contributed by atoms with Gasteiger partial charge in [0, 0.05) is 14.5 Å². The molecule has 1 aliphatic rings. The highest BCUT2D eigenvalue weighted by molar-refractivity contribution is 6.35. The maximum atomic E-state index is 6.02. The molecule has 0 nitrogen and oxygen atoms in total. The lowest BCUT2D eigenvalue weighted by molar-refractivity contribution is 0.271. The Morgan fingerprint density at radius 1 is 1.22 bits per heavy atom.